The van der Waals surface area contributed by atoms with E-state index in [1.807, 2.05) is 44.2 Å². The van der Waals surface area contributed by atoms with Gasteiger partial charge in [-0.1, -0.05) is 12.1 Å². The van der Waals surface area contributed by atoms with Crippen molar-refractivity contribution in [2.75, 3.05) is 25.1 Å². The van der Waals surface area contributed by atoms with Crippen molar-refractivity contribution in [3.05, 3.63) is 52.7 Å². The van der Waals surface area contributed by atoms with Crippen LogP contribution in [0.4, 0.5) is 5.82 Å². The number of anilines is 1. The number of carbonyl (C=O) groups excluding carboxylic acids is 2. The fourth-order valence-corrected chi connectivity index (χ4v) is 4.21. The Morgan fingerprint density at radius 1 is 1.27 bits per heavy atom. The molecule has 1 aliphatic heterocycles. The van der Waals surface area contributed by atoms with Crippen LogP contribution in [0.1, 0.15) is 42.1 Å². The predicted molar refractivity (Wildman–Crippen MR) is 126 cm³/mol. The molecule has 0 radical (unpaired) electrons. The first kappa shape index (κ1) is 24.1. The molecule has 3 rings (SSSR count). The molecule has 0 aliphatic carbocycles. The summed E-state index contributed by atoms with van der Waals surface area (Å²) >= 11 is 0. The number of hydrogen-bond acceptors (Lipinski definition) is 6. The third kappa shape index (κ3) is 6.22. The monoisotopic (exact) mass is 449 g/mol. The molecule has 2 heterocycles. The van der Waals surface area contributed by atoms with Crippen LogP contribution in [-0.2, 0) is 16.0 Å². The van der Waals surface area contributed by atoms with Crippen LogP contribution in [0.2, 0.25) is 0 Å². The summed E-state index contributed by atoms with van der Waals surface area (Å²) in [6.07, 6.45) is 1.84. The number of piperidine rings is 1. The van der Waals surface area contributed by atoms with E-state index in [0.717, 1.165) is 29.7 Å². The molecule has 0 spiro atoms. The molecule has 1 fully saturated rings. The molecular formula is C25H31N5O3. The van der Waals surface area contributed by atoms with Crippen molar-refractivity contribution in [1.29, 1.82) is 5.26 Å². The molecule has 1 aromatic heterocycles. The number of rotatable bonds is 7. The molecule has 1 atom stereocenters. The molecular weight excluding hydrogens is 418 g/mol. The maximum Gasteiger partial charge on any atom is 0.243 e. The Labute approximate surface area is 195 Å². The molecule has 174 valence electrons. The van der Waals surface area contributed by atoms with E-state index >= 15 is 0 Å². The highest BCUT2D eigenvalue weighted by Gasteiger charge is 2.27. The minimum absolute atomic E-state index is 0.00763. The Hall–Kier alpha value is -3.60. The zero-order valence-electron chi connectivity index (χ0n) is 19.6. The van der Waals surface area contributed by atoms with Crippen molar-refractivity contribution < 1.29 is 14.3 Å². The van der Waals surface area contributed by atoms with Gasteiger partial charge in [-0.15, -0.1) is 0 Å². The quantitative estimate of drug-likeness (QED) is 0.672. The Kier molecular flexibility index (Phi) is 7.88. The third-order valence-electron chi connectivity index (χ3n) is 5.85. The highest BCUT2D eigenvalue weighted by Crippen LogP contribution is 2.25. The molecule has 0 saturated carbocycles. The van der Waals surface area contributed by atoms with Gasteiger partial charge in [0.2, 0.25) is 11.8 Å². The van der Waals surface area contributed by atoms with Gasteiger partial charge in [-0.3, -0.25) is 9.59 Å². The molecule has 2 amide bonds. The zero-order valence-corrected chi connectivity index (χ0v) is 19.6. The number of aromatic nitrogens is 1. The van der Waals surface area contributed by atoms with Gasteiger partial charge in [-0.05, 0) is 56.0 Å². The Balaban J connectivity index is 1.64. The number of hydrogen-bond donors (Lipinski definition) is 2. The lowest BCUT2D eigenvalue weighted by Gasteiger charge is -2.34. The standard InChI is InChI=1S/C25H31N5O3/c1-16-12-17(2)27-24(22(16)15-26)30-10-8-20(9-11-30)29-25(32)23(28-18(3)31)14-19-6-5-7-21(13-19)33-4/h5-7,12-13,20,23H,8-11,14H2,1-4H3,(H,28,31)(H,29,32)/t23-/m1/s1. The molecule has 0 unspecified atom stereocenters. The molecule has 1 aliphatic rings. The summed E-state index contributed by atoms with van der Waals surface area (Å²) in [6.45, 7) is 6.64. The number of methoxy groups -OCH3 is 1. The average Bonchev–Trinajstić information content (AvgIpc) is 2.78. The van der Waals surface area contributed by atoms with Gasteiger partial charge in [0.15, 0.2) is 0 Å². The summed E-state index contributed by atoms with van der Waals surface area (Å²) in [4.78, 5) is 31.5. The van der Waals surface area contributed by atoms with Gasteiger partial charge in [0.1, 0.15) is 23.7 Å². The number of nitrogens with one attached hydrogen (secondary N) is 2. The summed E-state index contributed by atoms with van der Waals surface area (Å²) in [5.41, 5.74) is 3.31. The molecule has 1 saturated heterocycles. The van der Waals surface area contributed by atoms with Crippen molar-refractivity contribution in [3.8, 4) is 11.8 Å². The number of amides is 2. The maximum atomic E-state index is 13.0. The first-order valence-electron chi connectivity index (χ1n) is 11.1. The van der Waals surface area contributed by atoms with E-state index in [0.29, 0.717) is 36.6 Å². The fourth-order valence-electron chi connectivity index (χ4n) is 4.21. The first-order valence-corrected chi connectivity index (χ1v) is 11.1. The van der Waals surface area contributed by atoms with Crippen LogP contribution in [0.3, 0.4) is 0 Å². The number of pyridine rings is 1. The van der Waals surface area contributed by atoms with Gasteiger partial charge in [0.05, 0.1) is 12.7 Å². The highest BCUT2D eigenvalue weighted by molar-refractivity contribution is 5.87. The number of nitrogens with zero attached hydrogens (tertiary/aromatic N) is 3. The highest BCUT2D eigenvalue weighted by atomic mass is 16.5. The molecule has 8 heteroatoms. The number of aryl methyl sites for hydroxylation is 2. The number of nitriles is 1. The van der Waals surface area contributed by atoms with E-state index in [1.54, 1.807) is 7.11 Å². The molecule has 2 aromatic rings. The smallest absolute Gasteiger partial charge is 0.243 e. The third-order valence-corrected chi connectivity index (χ3v) is 5.85. The topological polar surface area (TPSA) is 107 Å². The van der Waals surface area contributed by atoms with E-state index in [1.165, 1.54) is 6.92 Å². The van der Waals surface area contributed by atoms with E-state index in [-0.39, 0.29) is 17.9 Å². The summed E-state index contributed by atoms with van der Waals surface area (Å²) in [5, 5.41) is 15.4. The second-order valence-corrected chi connectivity index (χ2v) is 8.47. The molecule has 8 nitrogen and oxygen atoms in total. The molecule has 33 heavy (non-hydrogen) atoms. The Morgan fingerprint density at radius 3 is 2.64 bits per heavy atom. The van der Waals surface area contributed by atoms with Crippen LogP contribution in [0.15, 0.2) is 30.3 Å². The zero-order chi connectivity index (χ0) is 24.0. The Morgan fingerprint density at radius 2 is 2.00 bits per heavy atom. The maximum absolute atomic E-state index is 13.0. The largest absolute Gasteiger partial charge is 0.497 e. The van der Waals surface area contributed by atoms with Gasteiger partial charge >= 0.3 is 0 Å². The second kappa shape index (κ2) is 10.8. The minimum Gasteiger partial charge on any atom is -0.497 e. The van der Waals surface area contributed by atoms with E-state index < -0.39 is 6.04 Å². The van der Waals surface area contributed by atoms with Crippen LogP contribution in [0.5, 0.6) is 5.75 Å². The normalized spacial score (nSPS) is 14.8. The van der Waals surface area contributed by atoms with Crippen molar-refractivity contribution in [1.82, 2.24) is 15.6 Å². The summed E-state index contributed by atoms with van der Waals surface area (Å²) in [5.74, 6) is 0.971. The first-order chi connectivity index (χ1) is 15.8. The molecule has 0 bridgehead atoms. The SMILES string of the molecule is COc1cccc(C[C@@H](NC(C)=O)C(=O)NC2CCN(c3nc(C)cc(C)c3C#N)CC2)c1. The van der Waals surface area contributed by atoms with Crippen LogP contribution in [-0.4, -0.2) is 49.1 Å². The van der Waals surface area contributed by atoms with Gasteiger partial charge in [0.25, 0.3) is 0 Å². The van der Waals surface area contributed by atoms with Crippen LogP contribution < -0.4 is 20.3 Å². The lowest BCUT2D eigenvalue weighted by molar-refractivity contribution is -0.128. The lowest BCUT2D eigenvalue weighted by Crippen LogP contribution is -2.52. The van der Waals surface area contributed by atoms with Gasteiger partial charge < -0.3 is 20.3 Å². The van der Waals surface area contributed by atoms with E-state index in [2.05, 4.69) is 26.6 Å². The van der Waals surface area contributed by atoms with Crippen LogP contribution >= 0.6 is 0 Å². The fraction of sp³-hybridized carbons (Fsp3) is 0.440. The van der Waals surface area contributed by atoms with Gasteiger partial charge in [-0.2, -0.15) is 5.26 Å². The summed E-state index contributed by atoms with van der Waals surface area (Å²) < 4.78 is 5.26. The minimum atomic E-state index is -0.668. The molecule has 2 N–H and O–H groups in total. The van der Waals surface area contributed by atoms with Crippen molar-refractivity contribution in [3.63, 3.8) is 0 Å². The van der Waals surface area contributed by atoms with Gasteiger partial charge in [-0.25, -0.2) is 4.98 Å². The van der Waals surface area contributed by atoms with Crippen molar-refractivity contribution in [2.45, 2.75) is 52.1 Å². The second-order valence-electron chi connectivity index (χ2n) is 8.47. The van der Waals surface area contributed by atoms with E-state index in [4.69, 9.17) is 4.74 Å². The van der Waals surface area contributed by atoms with Crippen molar-refractivity contribution >= 4 is 17.6 Å². The van der Waals surface area contributed by atoms with Crippen molar-refractivity contribution in [2.24, 2.45) is 0 Å². The Bertz CT molecular complexity index is 1050. The van der Waals surface area contributed by atoms with E-state index in [9.17, 15) is 14.9 Å². The molecule has 1 aromatic carbocycles. The van der Waals surface area contributed by atoms with Crippen LogP contribution in [0.25, 0.3) is 0 Å². The number of carbonyl (C=O) groups is 2. The average molecular weight is 450 g/mol. The number of benzene rings is 1. The number of ether oxygens (including phenoxy) is 1. The predicted octanol–water partition coefficient (Wildman–Crippen LogP) is 2.41. The van der Waals surface area contributed by atoms with Gasteiger partial charge in [0, 0.05) is 38.2 Å². The summed E-state index contributed by atoms with van der Waals surface area (Å²) in [7, 11) is 1.59. The van der Waals surface area contributed by atoms with Crippen LogP contribution in [0, 0.1) is 25.2 Å². The lowest BCUT2D eigenvalue weighted by atomic mass is 10.0. The summed E-state index contributed by atoms with van der Waals surface area (Å²) in [6, 6.07) is 11.0.